The second-order valence-corrected chi connectivity index (χ2v) is 5.34. The third kappa shape index (κ3) is 2.87. The number of hydrogen-bond acceptors (Lipinski definition) is 6. The summed E-state index contributed by atoms with van der Waals surface area (Å²) in [6.07, 6.45) is 1.14. The van der Waals surface area contributed by atoms with Crippen LogP contribution in [0.15, 0.2) is 24.4 Å². The van der Waals surface area contributed by atoms with Gasteiger partial charge in [-0.1, -0.05) is 0 Å². The number of carbonyl (C=O) groups is 1. The van der Waals surface area contributed by atoms with Crippen molar-refractivity contribution in [1.29, 1.82) is 0 Å². The molecule has 1 aliphatic rings. The minimum atomic E-state index is -0.702. The Morgan fingerprint density at radius 2 is 2.08 bits per heavy atom. The summed E-state index contributed by atoms with van der Waals surface area (Å²) in [5.41, 5.74) is 0.759. The first kappa shape index (κ1) is 15.8. The van der Waals surface area contributed by atoms with E-state index in [0.29, 0.717) is 36.1 Å². The van der Waals surface area contributed by atoms with Crippen LogP contribution in [0.1, 0.15) is 18.7 Å². The maximum Gasteiger partial charge on any atom is 0.309 e. The highest BCUT2D eigenvalue weighted by molar-refractivity contribution is 5.93. The molecule has 0 bridgehead atoms. The largest absolute Gasteiger partial charge is 0.486 e. The molecular weight excluding hydrogens is 316 g/mol. The van der Waals surface area contributed by atoms with Gasteiger partial charge in [0, 0.05) is 11.8 Å². The van der Waals surface area contributed by atoms with E-state index >= 15 is 0 Å². The van der Waals surface area contributed by atoms with Crippen LogP contribution in [0.25, 0.3) is 0 Å². The monoisotopic (exact) mass is 332 g/mol. The Kier molecular flexibility index (Phi) is 4.07. The van der Waals surface area contributed by atoms with E-state index in [1.807, 2.05) is 0 Å². The molecule has 3 rings (SSSR count). The van der Waals surface area contributed by atoms with E-state index in [2.05, 4.69) is 10.4 Å². The first-order chi connectivity index (χ1) is 11.5. The molecule has 1 N–H and O–H groups in total. The van der Waals surface area contributed by atoms with Gasteiger partial charge in [0.05, 0.1) is 4.92 Å². The van der Waals surface area contributed by atoms with Crippen molar-refractivity contribution in [3.63, 3.8) is 0 Å². The molecule has 1 amide bonds. The van der Waals surface area contributed by atoms with Gasteiger partial charge in [-0.25, -0.2) is 0 Å². The Bertz CT molecular complexity index is 801. The molecule has 1 aromatic carbocycles. The van der Waals surface area contributed by atoms with E-state index in [4.69, 9.17) is 9.47 Å². The lowest BCUT2D eigenvalue weighted by molar-refractivity contribution is -0.385. The second kappa shape index (κ2) is 6.19. The van der Waals surface area contributed by atoms with E-state index < -0.39 is 11.0 Å². The van der Waals surface area contributed by atoms with Gasteiger partial charge < -0.3 is 14.8 Å². The maximum atomic E-state index is 12.4. The number of ether oxygens (including phenoxy) is 2. The number of anilines is 1. The summed E-state index contributed by atoms with van der Waals surface area (Å²) in [4.78, 5) is 22.8. The van der Waals surface area contributed by atoms with Crippen LogP contribution in [-0.2, 0) is 4.79 Å². The maximum absolute atomic E-state index is 12.4. The standard InChI is InChI=1S/C15H16N4O5/c1-9-12(19(21)22)8-16-18(9)10(2)15(20)17-11-3-4-13-14(7-11)24-6-5-23-13/h3-4,7-8,10H,5-6H2,1-2H3,(H,17,20). The van der Waals surface area contributed by atoms with Crippen molar-refractivity contribution < 1.29 is 19.2 Å². The molecule has 0 fully saturated rings. The predicted molar refractivity (Wildman–Crippen MR) is 84.4 cm³/mol. The molecule has 1 aromatic heterocycles. The molecule has 0 spiro atoms. The van der Waals surface area contributed by atoms with E-state index in [1.54, 1.807) is 32.0 Å². The van der Waals surface area contributed by atoms with Crippen molar-refractivity contribution in [3.05, 3.63) is 40.2 Å². The first-order valence-corrected chi connectivity index (χ1v) is 7.36. The Morgan fingerprint density at radius 1 is 1.38 bits per heavy atom. The quantitative estimate of drug-likeness (QED) is 0.678. The Labute approximate surface area is 137 Å². The minimum Gasteiger partial charge on any atom is -0.486 e. The molecule has 0 aliphatic carbocycles. The van der Waals surface area contributed by atoms with Crippen molar-refractivity contribution in [2.75, 3.05) is 18.5 Å². The fourth-order valence-corrected chi connectivity index (χ4v) is 2.46. The van der Waals surface area contributed by atoms with Crippen molar-refractivity contribution in [2.24, 2.45) is 0 Å². The summed E-state index contributed by atoms with van der Waals surface area (Å²) in [7, 11) is 0. The summed E-state index contributed by atoms with van der Waals surface area (Å²) in [6.45, 7) is 4.13. The molecule has 2 aromatic rings. The van der Waals surface area contributed by atoms with Gasteiger partial charge in [0.1, 0.15) is 31.1 Å². The fraction of sp³-hybridized carbons (Fsp3) is 0.333. The number of benzene rings is 1. The number of amides is 1. The lowest BCUT2D eigenvalue weighted by atomic mass is 10.2. The molecule has 126 valence electrons. The normalized spacial score (nSPS) is 14.1. The summed E-state index contributed by atoms with van der Waals surface area (Å²) in [6, 6.07) is 4.40. The van der Waals surface area contributed by atoms with Crippen molar-refractivity contribution in [1.82, 2.24) is 9.78 Å². The smallest absolute Gasteiger partial charge is 0.309 e. The summed E-state index contributed by atoms with van der Waals surface area (Å²) in [5, 5.41) is 17.6. The predicted octanol–water partition coefficient (Wildman–Crippen LogP) is 2.07. The van der Waals surface area contributed by atoms with Gasteiger partial charge in [-0.15, -0.1) is 0 Å². The SMILES string of the molecule is Cc1c([N+](=O)[O-])cnn1C(C)C(=O)Nc1ccc2c(c1)OCCO2. The zero-order chi connectivity index (χ0) is 17.3. The summed E-state index contributed by atoms with van der Waals surface area (Å²) >= 11 is 0. The second-order valence-electron chi connectivity index (χ2n) is 5.34. The third-order valence-corrected chi connectivity index (χ3v) is 3.77. The molecule has 2 heterocycles. The van der Waals surface area contributed by atoms with Crippen LogP contribution in [-0.4, -0.2) is 33.8 Å². The average molecular weight is 332 g/mol. The van der Waals surface area contributed by atoms with Crippen LogP contribution >= 0.6 is 0 Å². The van der Waals surface area contributed by atoms with Crippen molar-refractivity contribution in [3.8, 4) is 11.5 Å². The molecule has 0 saturated carbocycles. The highest BCUT2D eigenvalue weighted by atomic mass is 16.6. The Balaban J connectivity index is 1.76. The van der Waals surface area contributed by atoms with Crippen molar-refractivity contribution >= 4 is 17.3 Å². The number of rotatable bonds is 4. The zero-order valence-corrected chi connectivity index (χ0v) is 13.2. The summed E-state index contributed by atoms with van der Waals surface area (Å²) < 4.78 is 12.2. The number of fused-ring (bicyclic) bond motifs is 1. The van der Waals surface area contributed by atoms with Crippen LogP contribution in [0.2, 0.25) is 0 Å². The molecule has 1 unspecified atom stereocenters. The van der Waals surface area contributed by atoms with Crippen LogP contribution < -0.4 is 14.8 Å². The van der Waals surface area contributed by atoms with E-state index in [-0.39, 0.29) is 11.6 Å². The summed E-state index contributed by atoms with van der Waals surface area (Å²) in [5.74, 6) is 0.858. The van der Waals surface area contributed by atoms with Crippen LogP contribution in [0.3, 0.4) is 0 Å². The van der Waals surface area contributed by atoms with Gasteiger partial charge in [-0.2, -0.15) is 5.10 Å². The molecule has 0 saturated heterocycles. The van der Waals surface area contributed by atoms with Gasteiger partial charge >= 0.3 is 5.69 Å². The molecular formula is C15H16N4O5. The molecule has 24 heavy (non-hydrogen) atoms. The number of carbonyl (C=O) groups excluding carboxylic acids is 1. The lowest BCUT2D eigenvalue weighted by Crippen LogP contribution is -2.25. The third-order valence-electron chi connectivity index (χ3n) is 3.77. The van der Waals surface area contributed by atoms with Gasteiger partial charge in [-0.3, -0.25) is 19.6 Å². The van der Waals surface area contributed by atoms with Crippen LogP contribution in [0.4, 0.5) is 11.4 Å². The van der Waals surface area contributed by atoms with Gasteiger partial charge in [-0.05, 0) is 26.0 Å². The Morgan fingerprint density at radius 3 is 2.75 bits per heavy atom. The highest BCUT2D eigenvalue weighted by Gasteiger charge is 2.24. The first-order valence-electron chi connectivity index (χ1n) is 7.36. The van der Waals surface area contributed by atoms with Crippen LogP contribution in [0.5, 0.6) is 11.5 Å². The average Bonchev–Trinajstić information content (AvgIpc) is 2.95. The van der Waals surface area contributed by atoms with Crippen molar-refractivity contribution in [2.45, 2.75) is 19.9 Å². The molecule has 1 aliphatic heterocycles. The number of nitro groups is 1. The van der Waals surface area contributed by atoms with Gasteiger partial charge in [0.15, 0.2) is 11.5 Å². The fourth-order valence-electron chi connectivity index (χ4n) is 2.46. The van der Waals surface area contributed by atoms with E-state index in [0.717, 1.165) is 6.20 Å². The highest BCUT2D eigenvalue weighted by Crippen LogP contribution is 2.32. The van der Waals surface area contributed by atoms with E-state index in [9.17, 15) is 14.9 Å². The zero-order valence-electron chi connectivity index (χ0n) is 13.2. The number of aromatic nitrogens is 2. The molecule has 1 atom stereocenters. The van der Waals surface area contributed by atoms with Gasteiger partial charge in [0.25, 0.3) is 0 Å². The topological polar surface area (TPSA) is 109 Å². The molecule has 0 radical (unpaired) electrons. The lowest BCUT2D eigenvalue weighted by Gasteiger charge is -2.19. The Hall–Kier alpha value is -3.10. The van der Waals surface area contributed by atoms with Crippen LogP contribution in [0, 0.1) is 17.0 Å². The van der Waals surface area contributed by atoms with Gasteiger partial charge in [0.2, 0.25) is 5.91 Å². The van der Waals surface area contributed by atoms with E-state index in [1.165, 1.54) is 4.68 Å². The number of hydrogen-bond donors (Lipinski definition) is 1. The minimum absolute atomic E-state index is 0.117. The molecule has 9 nitrogen and oxygen atoms in total. The number of nitrogens with one attached hydrogen (secondary N) is 1. The molecule has 9 heteroatoms. The number of nitrogens with zero attached hydrogens (tertiary/aromatic N) is 3.